The fourth-order valence-electron chi connectivity index (χ4n) is 2.39. The van der Waals surface area contributed by atoms with Crippen LogP contribution >= 0.6 is 11.6 Å². The first-order chi connectivity index (χ1) is 10.5. The van der Waals surface area contributed by atoms with Crippen molar-refractivity contribution in [1.29, 1.82) is 0 Å². The summed E-state index contributed by atoms with van der Waals surface area (Å²) in [6, 6.07) is 11.4. The maximum absolute atomic E-state index is 12.9. The summed E-state index contributed by atoms with van der Waals surface area (Å²) in [6.45, 7) is 0. The Hall–Kier alpha value is -2.33. The maximum Gasteiger partial charge on any atom is 0.231 e. The van der Waals surface area contributed by atoms with Gasteiger partial charge >= 0.3 is 0 Å². The zero-order valence-electron chi connectivity index (χ0n) is 11.9. The number of carbonyl (C=O) groups excluding carboxylic acids is 1. The van der Waals surface area contributed by atoms with Crippen LogP contribution in [0.3, 0.4) is 0 Å². The molecule has 3 rings (SSSR count). The third kappa shape index (κ3) is 2.83. The van der Waals surface area contributed by atoms with Gasteiger partial charge in [0, 0.05) is 34.9 Å². The molecule has 3 nitrogen and oxygen atoms in total. The lowest BCUT2D eigenvalue weighted by Crippen LogP contribution is -2.27. The monoisotopic (exact) mass is 316 g/mol. The molecule has 0 saturated carbocycles. The molecular weight excluding hydrogens is 303 g/mol. The highest BCUT2D eigenvalue weighted by molar-refractivity contribution is 6.31. The number of aromatic nitrogens is 1. The Labute approximate surface area is 132 Å². The highest BCUT2D eigenvalue weighted by Gasteiger charge is 2.14. The van der Waals surface area contributed by atoms with Crippen LogP contribution in [0.15, 0.2) is 48.7 Å². The lowest BCUT2D eigenvalue weighted by Gasteiger charge is -2.17. The van der Waals surface area contributed by atoms with Crippen LogP contribution in [-0.4, -0.2) is 17.9 Å². The predicted molar refractivity (Wildman–Crippen MR) is 86.8 cm³/mol. The summed E-state index contributed by atoms with van der Waals surface area (Å²) in [5.74, 6) is -0.400. The molecule has 112 valence electrons. The highest BCUT2D eigenvalue weighted by Crippen LogP contribution is 2.23. The van der Waals surface area contributed by atoms with Crippen molar-refractivity contribution in [2.75, 3.05) is 11.9 Å². The van der Waals surface area contributed by atoms with Crippen LogP contribution in [0.5, 0.6) is 0 Å². The molecule has 22 heavy (non-hydrogen) atoms. The van der Waals surface area contributed by atoms with Crippen molar-refractivity contribution < 1.29 is 9.18 Å². The number of hydrogen-bond acceptors (Lipinski definition) is 1. The van der Waals surface area contributed by atoms with Crippen molar-refractivity contribution >= 4 is 34.1 Å². The second-order valence-electron chi connectivity index (χ2n) is 5.11. The topological polar surface area (TPSA) is 36.1 Å². The number of rotatable bonds is 3. The minimum atomic E-state index is -0.323. The summed E-state index contributed by atoms with van der Waals surface area (Å²) in [4.78, 5) is 17.1. The van der Waals surface area contributed by atoms with E-state index in [0.29, 0.717) is 10.7 Å². The van der Waals surface area contributed by atoms with E-state index >= 15 is 0 Å². The van der Waals surface area contributed by atoms with E-state index in [0.717, 1.165) is 16.5 Å². The molecule has 5 heteroatoms. The second kappa shape index (κ2) is 5.81. The Morgan fingerprint density at radius 1 is 1.23 bits per heavy atom. The number of carbonyl (C=O) groups is 1. The number of amides is 1. The number of fused-ring (bicyclic) bond motifs is 1. The van der Waals surface area contributed by atoms with Gasteiger partial charge in [0.05, 0.1) is 6.42 Å². The summed E-state index contributed by atoms with van der Waals surface area (Å²) < 4.78 is 12.9. The van der Waals surface area contributed by atoms with Crippen molar-refractivity contribution in [2.45, 2.75) is 6.42 Å². The van der Waals surface area contributed by atoms with Crippen LogP contribution < -0.4 is 4.90 Å². The number of H-pyrrole nitrogens is 1. The summed E-state index contributed by atoms with van der Waals surface area (Å²) in [7, 11) is 1.68. The zero-order valence-corrected chi connectivity index (χ0v) is 12.7. The first-order valence-electron chi connectivity index (χ1n) is 6.82. The number of nitrogens with zero attached hydrogens (tertiary/aromatic N) is 1. The van der Waals surface area contributed by atoms with Crippen molar-refractivity contribution in [2.24, 2.45) is 0 Å². The number of benzene rings is 2. The fraction of sp³-hybridized carbons (Fsp3) is 0.118. The van der Waals surface area contributed by atoms with Crippen LogP contribution in [0.4, 0.5) is 10.1 Å². The SMILES string of the molecule is CN(C(=O)Cc1c[nH]c2ccc(Cl)cc12)c1ccc(F)cc1. The molecule has 0 spiro atoms. The lowest BCUT2D eigenvalue weighted by molar-refractivity contribution is -0.117. The summed E-state index contributed by atoms with van der Waals surface area (Å²) in [6.07, 6.45) is 2.06. The molecule has 0 bridgehead atoms. The van der Waals surface area contributed by atoms with E-state index < -0.39 is 0 Å². The average molecular weight is 317 g/mol. The molecule has 0 unspecified atom stereocenters. The normalized spacial score (nSPS) is 10.9. The molecule has 3 aromatic rings. The third-order valence-electron chi connectivity index (χ3n) is 3.66. The Morgan fingerprint density at radius 2 is 1.95 bits per heavy atom. The van der Waals surface area contributed by atoms with Gasteiger partial charge in [-0.25, -0.2) is 4.39 Å². The van der Waals surface area contributed by atoms with Crippen LogP contribution in [0, 0.1) is 5.82 Å². The van der Waals surface area contributed by atoms with Gasteiger partial charge in [0.2, 0.25) is 5.91 Å². The van der Waals surface area contributed by atoms with Gasteiger partial charge in [0.1, 0.15) is 5.82 Å². The largest absolute Gasteiger partial charge is 0.361 e. The molecule has 1 amide bonds. The minimum absolute atomic E-state index is 0.0764. The Bertz CT molecular complexity index is 826. The molecule has 1 N–H and O–H groups in total. The molecule has 0 fully saturated rings. The van der Waals surface area contributed by atoms with Gasteiger partial charge < -0.3 is 9.88 Å². The van der Waals surface area contributed by atoms with Crippen molar-refractivity contribution in [1.82, 2.24) is 4.98 Å². The number of nitrogens with one attached hydrogen (secondary N) is 1. The highest BCUT2D eigenvalue weighted by atomic mass is 35.5. The molecule has 0 aliphatic carbocycles. The van der Waals surface area contributed by atoms with Gasteiger partial charge in [-0.15, -0.1) is 0 Å². The molecule has 1 aromatic heterocycles. The van der Waals surface area contributed by atoms with Crippen molar-refractivity contribution in [3.05, 3.63) is 65.1 Å². The molecule has 0 atom stereocenters. The van der Waals surface area contributed by atoms with Crippen LogP contribution in [-0.2, 0) is 11.2 Å². The van der Waals surface area contributed by atoms with E-state index in [2.05, 4.69) is 4.98 Å². The standard InChI is InChI=1S/C17H14ClFN2O/c1-21(14-5-3-13(19)4-6-14)17(22)8-11-10-20-16-7-2-12(18)9-15(11)16/h2-7,9-10,20H,8H2,1H3. The molecule has 2 aromatic carbocycles. The lowest BCUT2D eigenvalue weighted by atomic mass is 10.1. The Balaban J connectivity index is 1.83. The number of halogens is 2. The molecule has 0 aliphatic heterocycles. The van der Waals surface area contributed by atoms with Gasteiger partial charge in [0.25, 0.3) is 0 Å². The second-order valence-corrected chi connectivity index (χ2v) is 5.55. The van der Waals surface area contributed by atoms with E-state index in [1.807, 2.05) is 18.3 Å². The van der Waals surface area contributed by atoms with Crippen LogP contribution in [0.2, 0.25) is 5.02 Å². The maximum atomic E-state index is 12.9. The Morgan fingerprint density at radius 3 is 2.68 bits per heavy atom. The third-order valence-corrected chi connectivity index (χ3v) is 3.89. The summed E-state index contributed by atoms with van der Waals surface area (Å²) >= 11 is 6.01. The smallest absolute Gasteiger partial charge is 0.231 e. The van der Waals surface area contributed by atoms with Gasteiger partial charge in [-0.1, -0.05) is 11.6 Å². The Kier molecular flexibility index (Phi) is 3.86. The van der Waals surface area contributed by atoms with E-state index in [9.17, 15) is 9.18 Å². The first-order valence-corrected chi connectivity index (χ1v) is 7.20. The number of hydrogen-bond donors (Lipinski definition) is 1. The van der Waals surface area contributed by atoms with Crippen molar-refractivity contribution in [3.63, 3.8) is 0 Å². The van der Waals surface area contributed by atoms with Gasteiger partial charge in [0.15, 0.2) is 0 Å². The van der Waals surface area contributed by atoms with Crippen LogP contribution in [0.1, 0.15) is 5.56 Å². The molecule has 0 aliphatic rings. The summed E-state index contributed by atoms with van der Waals surface area (Å²) in [5.41, 5.74) is 2.48. The van der Waals surface area contributed by atoms with Gasteiger partial charge in [-0.05, 0) is 48.0 Å². The predicted octanol–water partition coefficient (Wildman–Crippen LogP) is 4.17. The fourth-order valence-corrected chi connectivity index (χ4v) is 2.56. The van der Waals surface area contributed by atoms with E-state index in [1.165, 1.54) is 17.0 Å². The number of anilines is 1. The average Bonchev–Trinajstić information content (AvgIpc) is 2.89. The van der Waals surface area contributed by atoms with E-state index in [-0.39, 0.29) is 18.1 Å². The van der Waals surface area contributed by atoms with Crippen LogP contribution in [0.25, 0.3) is 10.9 Å². The minimum Gasteiger partial charge on any atom is -0.361 e. The van der Waals surface area contributed by atoms with Crippen molar-refractivity contribution in [3.8, 4) is 0 Å². The molecule has 0 saturated heterocycles. The summed E-state index contributed by atoms with van der Waals surface area (Å²) in [5, 5.41) is 1.57. The van der Waals surface area contributed by atoms with Gasteiger partial charge in [-0.3, -0.25) is 4.79 Å². The molecule has 0 radical (unpaired) electrons. The first kappa shape index (κ1) is 14.6. The van der Waals surface area contributed by atoms with E-state index in [4.69, 9.17) is 11.6 Å². The van der Waals surface area contributed by atoms with Gasteiger partial charge in [-0.2, -0.15) is 0 Å². The quantitative estimate of drug-likeness (QED) is 0.773. The zero-order chi connectivity index (χ0) is 15.7. The number of likely N-dealkylation sites (N-methyl/N-ethyl adjacent to an activating group) is 1. The van der Waals surface area contributed by atoms with E-state index in [1.54, 1.807) is 25.2 Å². The molecule has 1 heterocycles. The number of aromatic amines is 1. The molecular formula is C17H14ClFN2O.